The van der Waals surface area contributed by atoms with E-state index in [-0.39, 0.29) is 17.6 Å². The Kier molecular flexibility index (Phi) is 3.79. The summed E-state index contributed by atoms with van der Waals surface area (Å²) in [5.74, 6) is 0.650. The fourth-order valence-electron chi connectivity index (χ4n) is 3.59. The van der Waals surface area contributed by atoms with Crippen LogP contribution in [0.1, 0.15) is 31.9 Å². The van der Waals surface area contributed by atoms with Crippen molar-refractivity contribution in [3.8, 4) is 6.07 Å². The summed E-state index contributed by atoms with van der Waals surface area (Å²) in [7, 11) is 0. The van der Waals surface area contributed by atoms with Crippen molar-refractivity contribution in [2.24, 2.45) is 5.41 Å². The van der Waals surface area contributed by atoms with E-state index in [4.69, 9.17) is 10.00 Å². The Hall–Kier alpha value is -1.71. The Morgan fingerprint density at radius 1 is 1.43 bits per heavy atom. The summed E-state index contributed by atoms with van der Waals surface area (Å²) in [5, 5.41) is 19.3. The number of nitrogens with zero attached hydrogens (tertiary/aromatic N) is 4. The maximum absolute atomic E-state index is 10.2. The van der Waals surface area contributed by atoms with Crippen LogP contribution in [-0.4, -0.2) is 47.0 Å². The second kappa shape index (κ2) is 5.58. The highest BCUT2D eigenvalue weighted by Crippen LogP contribution is 2.51. The third kappa shape index (κ3) is 2.27. The summed E-state index contributed by atoms with van der Waals surface area (Å²) in [6, 6.07) is 2.09. The van der Waals surface area contributed by atoms with Crippen molar-refractivity contribution in [1.82, 2.24) is 9.97 Å². The molecule has 2 heterocycles. The number of piperidine rings is 1. The summed E-state index contributed by atoms with van der Waals surface area (Å²) >= 11 is 0. The minimum Gasteiger partial charge on any atom is -0.392 e. The van der Waals surface area contributed by atoms with Gasteiger partial charge in [0.25, 0.3) is 0 Å². The fraction of sp³-hybridized carbons (Fsp3) is 0.667. The van der Waals surface area contributed by atoms with Crippen LogP contribution < -0.4 is 4.90 Å². The lowest BCUT2D eigenvalue weighted by Gasteiger charge is -2.56. The monoisotopic (exact) mass is 288 g/mol. The van der Waals surface area contributed by atoms with Crippen LogP contribution in [-0.2, 0) is 4.74 Å². The Balaban J connectivity index is 1.72. The summed E-state index contributed by atoms with van der Waals surface area (Å²) in [4.78, 5) is 10.4. The summed E-state index contributed by atoms with van der Waals surface area (Å²) < 4.78 is 5.77. The Labute approximate surface area is 124 Å². The number of rotatable bonds is 3. The molecule has 2 aliphatic rings. The van der Waals surface area contributed by atoms with Crippen molar-refractivity contribution in [1.29, 1.82) is 5.26 Å². The van der Waals surface area contributed by atoms with E-state index >= 15 is 0 Å². The van der Waals surface area contributed by atoms with Crippen LogP contribution in [0.15, 0.2) is 12.4 Å². The summed E-state index contributed by atoms with van der Waals surface area (Å²) in [5.41, 5.74) is 0.255. The smallest absolute Gasteiger partial charge is 0.183 e. The van der Waals surface area contributed by atoms with Crippen LogP contribution in [0.5, 0.6) is 0 Å². The standard InChI is InChI=1S/C15H20N4O2/c1-2-21-13-9-12(20)15(13)3-7-19(8-4-15)14-11(10-16)17-5-6-18-14/h5-6,12-13,20H,2-4,7-9H2,1H3/t12-,13-/m1/s1. The molecule has 21 heavy (non-hydrogen) atoms. The molecule has 1 aliphatic heterocycles. The molecule has 0 radical (unpaired) electrons. The minimum absolute atomic E-state index is 0.110. The molecule has 0 aromatic carbocycles. The summed E-state index contributed by atoms with van der Waals surface area (Å²) in [6.45, 7) is 4.22. The van der Waals surface area contributed by atoms with Gasteiger partial charge in [-0.15, -0.1) is 0 Å². The third-order valence-electron chi connectivity index (χ3n) is 4.89. The average Bonchev–Trinajstić information content (AvgIpc) is 2.55. The van der Waals surface area contributed by atoms with E-state index in [1.165, 1.54) is 6.20 Å². The van der Waals surface area contributed by atoms with Crippen LogP contribution >= 0.6 is 0 Å². The van der Waals surface area contributed by atoms with Gasteiger partial charge in [0.05, 0.1) is 12.2 Å². The number of aliphatic hydroxyl groups excluding tert-OH is 1. The molecule has 1 saturated carbocycles. The van der Waals surface area contributed by atoms with E-state index < -0.39 is 0 Å². The van der Waals surface area contributed by atoms with E-state index in [2.05, 4.69) is 20.9 Å². The van der Waals surface area contributed by atoms with Gasteiger partial charge in [0.1, 0.15) is 6.07 Å². The van der Waals surface area contributed by atoms with Crippen LogP contribution in [0, 0.1) is 16.7 Å². The molecule has 0 amide bonds. The average molecular weight is 288 g/mol. The molecule has 1 saturated heterocycles. The first kappa shape index (κ1) is 14.2. The highest BCUT2D eigenvalue weighted by atomic mass is 16.5. The molecule has 2 fully saturated rings. The lowest BCUT2D eigenvalue weighted by atomic mass is 9.58. The van der Waals surface area contributed by atoms with E-state index in [0.29, 0.717) is 18.1 Å². The van der Waals surface area contributed by atoms with Gasteiger partial charge in [0, 0.05) is 43.9 Å². The molecule has 112 valence electrons. The molecule has 0 unspecified atom stereocenters. The molecule has 1 aromatic heterocycles. The van der Waals surface area contributed by atoms with Gasteiger partial charge >= 0.3 is 0 Å². The number of aromatic nitrogens is 2. The Morgan fingerprint density at radius 2 is 2.14 bits per heavy atom. The van der Waals surface area contributed by atoms with Crippen molar-refractivity contribution >= 4 is 5.82 Å². The van der Waals surface area contributed by atoms with Crippen LogP contribution in [0.3, 0.4) is 0 Å². The van der Waals surface area contributed by atoms with Gasteiger partial charge in [0.2, 0.25) is 0 Å². The van der Waals surface area contributed by atoms with Crippen LogP contribution in [0.4, 0.5) is 5.82 Å². The van der Waals surface area contributed by atoms with E-state index in [0.717, 1.165) is 32.4 Å². The molecular formula is C15H20N4O2. The highest BCUT2D eigenvalue weighted by molar-refractivity contribution is 5.49. The molecular weight excluding hydrogens is 268 g/mol. The number of ether oxygens (including phenoxy) is 1. The van der Waals surface area contributed by atoms with Gasteiger partial charge in [-0.25, -0.2) is 9.97 Å². The molecule has 0 bridgehead atoms. The van der Waals surface area contributed by atoms with Crippen molar-refractivity contribution in [3.63, 3.8) is 0 Å². The molecule has 6 heteroatoms. The van der Waals surface area contributed by atoms with E-state index in [1.807, 2.05) is 6.92 Å². The first-order chi connectivity index (χ1) is 10.2. The Bertz CT molecular complexity index is 547. The van der Waals surface area contributed by atoms with Gasteiger partial charge < -0.3 is 14.7 Å². The predicted octanol–water partition coefficient (Wildman–Crippen LogP) is 1.10. The number of hydrogen-bond donors (Lipinski definition) is 1. The van der Waals surface area contributed by atoms with Crippen molar-refractivity contribution in [2.75, 3.05) is 24.6 Å². The predicted molar refractivity (Wildman–Crippen MR) is 76.7 cm³/mol. The summed E-state index contributed by atoms with van der Waals surface area (Å²) in [6.07, 6.45) is 5.50. The first-order valence-corrected chi connectivity index (χ1v) is 7.47. The lowest BCUT2D eigenvalue weighted by Crippen LogP contribution is -2.62. The third-order valence-corrected chi connectivity index (χ3v) is 4.89. The SMILES string of the molecule is CCO[C@@H]1C[C@@H](O)C12CCN(c1nccnc1C#N)CC2. The second-order valence-electron chi connectivity index (χ2n) is 5.76. The maximum Gasteiger partial charge on any atom is 0.183 e. The van der Waals surface area contributed by atoms with Crippen LogP contribution in [0.25, 0.3) is 0 Å². The maximum atomic E-state index is 10.2. The fourth-order valence-corrected chi connectivity index (χ4v) is 3.59. The first-order valence-electron chi connectivity index (χ1n) is 7.47. The van der Waals surface area contributed by atoms with Gasteiger partial charge in [-0.05, 0) is 19.8 Å². The molecule has 6 nitrogen and oxygen atoms in total. The zero-order valence-corrected chi connectivity index (χ0v) is 12.2. The van der Waals surface area contributed by atoms with E-state index in [9.17, 15) is 5.11 Å². The zero-order chi connectivity index (χ0) is 14.9. The molecule has 2 atom stereocenters. The van der Waals surface area contributed by atoms with Gasteiger partial charge in [-0.3, -0.25) is 0 Å². The lowest BCUT2D eigenvalue weighted by molar-refractivity contribution is -0.199. The van der Waals surface area contributed by atoms with Gasteiger partial charge in [0.15, 0.2) is 11.5 Å². The molecule has 1 N–H and O–H groups in total. The molecule has 1 aliphatic carbocycles. The van der Waals surface area contributed by atoms with Gasteiger partial charge in [-0.1, -0.05) is 0 Å². The van der Waals surface area contributed by atoms with Crippen molar-refractivity contribution < 1.29 is 9.84 Å². The number of hydrogen-bond acceptors (Lipinski definition) is 6. The molecule has 1 spiro atoms. The molecule has 1 aromatic rings. The topological polar surface area (TPSA) is 82.3 Å². The minimum atomic E-state index is -0.270. The van der Waals surface area contributed by atoms with Crippen molar-refractivity contribution in [2.45, 2.75) is 38.4 Å². The second-order valence-corrected chi connectivity index (χ2v) is 5.76. The number of nitriles is 1. The quantitative estimate of drug-likeness (QED) is 0.897. The van der Waals surface area contributed by atoms with Crippen molar-refractivity contribution in [3.05, 3.63) is 18.1 Å². The van der Waals surface area contributed by atoms with Gasteiger partial charge in [-0.2, -0.15) is 5.26 Å². The number of aliphatic hydroxyl groups is 1. The van der Waals surface area contributed by atoms with E-state index in [1.54, 1.807) is 6.20 Å². The molecule has 3 rings (SSSR count). The normalized spacial score (nSPS) is 27.2. The van der Waals surface area contributed by atoms with Crippen LogP contribution in [0.2, 0.25) is 0 Å². The number of anilines is 1. The highest BCUT2D eigenvalue weighted by Gasteiger charge is 2.56. The largest absolute Gasteiger partial charge is 0.392 e. The Morgan fingerprint density at radius 3 is 2.76 bits per heavy atom. The zero-order valence-electron chi connectivity index (χ0n) is 12.2.